The first-order valence-electron chi connectivity index (χ1n) is 11.0. The van der Waals surface area contributed by atoms with Crippen molar-refractivity contribution >= 4 is 17.7 Å². The molecule has 0 spiro atoms. The van der Waals surface area contributed by atoms with Crippen LogP contribution in [0.3, 0.4) is 0 Å². The van der Waals surface area contributed by atoms with Crippen LogP contribution in [0, 0.1) is 12.8 Å². The molecule has 166 valence electrons. The van der Waals surface area contributed by atoms with Crippen LogP contribution < -0.4 is 10.6 Å². The molecule has 2 heterocycles. The molecular weight excluding hydrogens is 390 g/mol. The van der Waals surface area contributed by atoms with Crippen LogP contribution in [-0.4, -0.2) is 54.5 Å². The molecule has 1 aliphatic heterocycles. The van der Waals surface area contributed by atoms with Crippen molar-refractivity contribution in [1.29, 1.82) is 0 Å². The number of pyridine rings is 1. The van der Waals surface area contributed by atoms with Gasteiger partial charge in [-0.3, -0.25) is 9.79 Å². The lowest BCUT2D eigenvalue weighted by molar-refractivity contribution is -0.116. The van der Waals surface area contributed by atoms with Crippen LogP contribution in [0.25, 0.3) is 0 Å². The van der Waals surface area contributed by atoms with Crippen molar-refractivity contribution in [2.45, 2.75) is 33.3 Å². The molecule has 1 aromatic carbocycles. The second-order valence-corrected chi connectivity index (χ2v) is 7.80. The number of hydrogen-bond donors (Lipinski definition) is 2. The minimum Gasteiger partial charge on any atom is -0.376 e. The standard InChI is InChI=1S/C24H33N5O2/c1-3-25-24(26-14-12-23(30)28-22-11-7-8-19(2)27-22)29-15-13-21(16-29)18-31-17-20-9-5-4-6-10-20/h4-11,21H,3,12-18H2,1-2H3,(H,25,26)(H,27,28,30). The van der Waals surface area contributed by atoms with E-state index in [-0.39, 0.29) is 5.91 Å². The highest BCUT2D eigenvalue weighted by Gasteiger charge is 2.25. The summed E-state index contributed by atoms with van der Waals surface area (Å²) in [6, 6.07) is 15.8. The minimum atomic E-state index is -0.0775. The Balaban J connectivity index is 1.42. The molecular formula is C24H33N5O2. The van der Waals surface area contributed by atoms with Gasteiger partial charge < -0.3 is 20.3 Å². The highest BCUT2D eigenvalue weighted by Crippen LogP contribution is 2.17. The summed E-state index contributed by atoms with van der Waals surface area (Å²) in [4.78, 5) is 23.4. The Morgan fingerprint density at radius 1 is 1.23 bits per heavy atom. The van der Waals surface area contributed by atoms with Gasteiger partial charge in [0.2, 0.25) is 5.91 Å². The van der Waals surface area contributed by atoms with E-state index in [2.05, 4.69) is 44.6 Å². The number of rotatable bonds is 9. The Labute approximate surface area is 184 Å². The summed E-state index contributed by atoms with van der Waals surface area (Å²) in [5.74, 6) is 1.86. The zero-order chi connectivity index (χ0) is 21.9. The van der Waals surface area contributed by atoms with E-state index >= 15 is 0 Å². The maximum atomic E-state index is 12.2. The topological polar surface area (TPSA) is 78.8 Å². The van der Waals surface area contributed by atoms with Crippen molar-refractivity contribution in [3.8, 4) is 0 Å². The van der Waals surface area contributed by atoms with Gasteiger partial charge in [0, 0.05) is 37.7 Å². The minimum absolute atomic E-state index is 0.0775. The van der Waals surface area contributed by atoms with Gasteiger partial charge in [0.05, 0.1) is 19.8 Å². The van der Waals surface area contributed by atoms with Crippen molar-refractivity contribution in [1.82, 2.24) is 15.2 Å². The zero-order valence-corrected chi connectivity index (χ0v) is 18.5. The van der Waals surface area contributed by atoms with Crippen LogP contribution in [-0.2, 0) is 16.1 Å². The summed E-state index contributed by atoms with van der Waals surface area (Å²) in [6.45, 7) is 8.45. The number of ether oxygens (including phenoxy) is 1. The molecule has 1 amide bonds. The summed E-state index contributed by atoms with van der Waals surface area (Å²) in [6.07, 6.45) is 1.40. The number of aryl methyl sites for hydroxylation is 1. The molecule has 1 aromatic heterocycles. The van der Waals surface area contributed by atoms with E-state index in [0.29, 0.717) is 31.3 Å². The SMILES string of the molecule is CCNC(=NCCC(=O)Nc1cccc(C)n1)N1CCC(COCc2ccccc2)C1. The largest absolute Gasteiger partial charge is 0.376 e. The number of nitrogens with zero attached hydrogens (tertiary/aromatic N) is 3. The molecule has 7 nitrogen and oxygen atoms in total. The fraction of sp³-hybridized carbons (Fsp3) is 0.458. The monoisotopic (exact) mass is 423 g/mol. The Hall–Kier alpha value is -2.93. The van der Waals surface area contributed by atoms with Gasteiger partial charge in [0.1, 0.15) is 5.82 Å². The number of benzene rings is 1. The Kier molecular flexibility index (Phi) is 8.84. The predicted molar refractivity (Wildman–Crippen MR) is 124 cm³/mol. The first-order chi connectivity index (χ1) is 15.1. The van der Waals surface area contributed by atoms with E-state index in [1.54, 1.807) is 6.07 Å². The van der Waals surface area contributed by atoms with Crippen molar-refractivity contribution < 1.29 is 9.53 Å². The van der Waals surface area contributed by atoms with Gasteiger partial charge in [-0.05, 0) is 38.0 Å². The number of likely N-dealkylation sites (tertiary alicyclic amines) is 1. The normalized spacial score (nSPS) is 16.4. The summed E-state index contributed by atoms with van der Waals surface area (Å²) in [7, 11) is 0. The molecule has 0 saturated carbocycles. The number of nitrogens with one attached hydrogen (secondary N) is 2. The number of carbonyl (C=O) groups is 1. The molecule has 31 heavy (non-hydrogen) atoms. The van der Waals surface area contributed by atoms with Gasteiger partial charge in [-0.25, -0.2) is 4.98 Å². The van der Waals surface area contributed by atoms with Gasteiger partial charge in [0.15, 0.2) is 5.96 Å². The molecule has 1 unspecified atom stereocenters. The summed E-state index contributed by atoms with van der Waals surface area (Å²) in [5.41, 5.74) is 2.08. The lowest BCUT2D eigenvalue weighted by atomic mass is 10.1. The van der Waals surface area contributed by atoms with Crippen molar-refractivity contribution in [3.63, 3.8) is 0 Å². The summed E-state index contributed by atoms with van der Waals surface area (Å²) in [5, 5.41) is 6.18. The second kappa shape index (κ2) is 12.1. The lowest BCUT2D eigenvalue weighted by Gasteiger charge is -2.21. The highest BCUT2D eigenvalue weighted by atomic mass is 16.5. The smallest absolute Gasteiger partial charge is 0.227 e. The molecule has 1 atom stereocenters. The van der Waals surface area contributed by atoms with Crippen LogP contribution in [0.5, 0.6) is 0 Å². The summed E-state index contributed by atoms with van der Waals surface area (Å²) >= 11 is 0. The molecule has 0 aliphatic carbocycles. The number of amides is 1. The Morgan fingerprint density at radius 3 is 2.84 bits per heavy atom. The maximum absolute atomic E-state index is 12.2. The van der Waals surface area contributed by atoms with Crippen LogP contribution in [0.1, 0.15) is 31.0 Å². The van der Waals surface area contributed by atoms with Crippen molar-refractivity contribution in [2.24, 2.45) is 10.9 Å². The number of hydrogen-bond acceptors (Lipinski definition) is 4. The molecule has 3 rings (SSSR count). The van der Waals surface area contributed by atoms with E-state index in [4.69, 9.17) is 4.74 Å². The van der Waals surface area contributed by atoms with E-state index in [1.165, 1.54) is 5.56 Å². The third-order valence-electron chi connectivity index (χ3n) is 5.14. The van der Waals surface area contributed by atoms with Crippen LogP contribution in [0.15, 0.2) is 53.5 Å². The van der Waals surface area contributed by atoms with E-state index in [0.717, 1.165) is 44.3 Å². The summed E-state index contributed by atoms with van der Waals surface area (Å²) < 4.78 is 5.92. The number of carbonyl (C=O) groups excluding carboxylic acids is 1. The molecule has 0 bridgehead atoms. The molecule has 1 fully saturated rings. The Morgan fingerprint density at radius 2 is 2.06 bits per heavy atom. The number of aromatic nitrogens is 1. The van der Waals surface area contributed by atoms with Gasteiger partial charge in [-0.2, -0.15) is 0 Å². The first kappa shape index (κ1) is 22.7. The Bertz CT molecular complexity index is 856. The van der Waals surface area contributed by atoms with E-state index < -0.39 is 0 Å². The zero-order valence-electron chi connectivity index (χ0n) is 18.5. The number of anilines is 1. The number of aliphatic imine (C=N–C) groups is 1. The molecule has 2 N–H and O–H groups in total. The van der Waals surface area contributed by atoms with Crippen LogP contribution in [0.2, 0.25) is 0 Å². The molecule has 0 radical (unpaired) electrons. The average molecular weight is 424 g/mol. The fourth-order valence-electron chi connectivity index (χ4n) is 3.59. The quantitative estimate of drug-likeness (QED) is 0.478. The third-order valence-corrected chi connectivity index (χ3v) is 5.14. The highest BCUT2D eigenvalue weighted by molar-refractivity contribution is 5.90. The molecule has 2 aromatic rings. The molecule has 1 saturated heterocycles. The number of guanidine groups is 1. The molecule has 7 heteroatoms. The van der Waals surface area contributed by atoms with Crippen molar-refractivity contribution in [3.05, 3.63) is 59.8 Å². The van der Waals surface area contributed by atoms with Gasteiger partial charge in [0.25, 0.3) is 0 Å². The van der Waals surface area contributed by atoms with Gasteiger partial charge >= 0.3 is 0 Å². The van der Waals surface area contributed by atoms with Gasteiger partial charge in [-0.15, -0.1) is 0 Å². The lowest BCUT2D eigenvalue weighted by Crippen LogP contribution is -2.40. The van der Waals surface area contributed by atoms with E-state index in [1.807, 2.05) is 37.3 Å². The van der Waals surface area contributed by atoms with Crippen LogP contribution in [0.4, 0.5) is 5.82 Å². The second-order valence-electron chi connectivity index (χ2n) is 7.80. The fourth-order valence-corrected chi connectivity index (χ4v) is 3.59. The van der Waals surface area contributed by atoms with E-state index in [9.17, 15) is 4.79 Å². The van der Waals surface area contributed by atoms with Crippen molar-refractivity contribution in [2.75, 3.05) is 38.1 Å². The molecule has 1 aliphatic rings. The van der Waals surface area contributed by atoms with Crippen LogP contribution >= 0.6 is 0 Å². The first-order valence-corrected chi connectivity index (χ1v) is 11.0. The maximum Gasteiger partial charge on any atom is 0.227 e. The van der Waals surface area contributed by atoms with Gasteiger partial charge in [-0.1, -0.05) is 36.4 Å². The third kappa shape index (κ3) is 7.68. The average Bonchev–Trinajstić information content (AvgIpc) is 3.23. The predicted octanol–water partition coefficient (Wildman–Crippen LogP) is 3.22.